The predicted molar refractivity (Wildman–Crippen MR) is 94.9 cm³/mol. The van der Waals surface area contributed by atoms with Crippen LogP contribution in [0.25, 0.3) is 0 Å². The quantitative estimate of drug-likeness (QED) is 0.806. The van der Waals surface area contributed by atoms with Crippen molar-refractivity contribution >= 4 is 17.6 Å². The van der Waals surface area contributed by atoms with Gasteiger partial charge in [-0.15, -0.1) is 0 Å². The van der Waals surface area contributed by atoms with Gasteiger partial charge in [-0.05, 0) is 56.4 Å². The zero-order valence-corrected chi connectivity index (χ0v) is 14.3. The molecule has 0 bridgehead atoms. The number of anilines is 1. The van der Waals surface area contributed by atoms with Gasteiger partial charge in [0, 0.05) is 25.2 Å². The first-order valence-electron chi connectivity index (χ1n) is 8.90. The summed E-state index contributed by atoms with van der Waals surface area (Å²) in [5, 5.41) is 5.72. The monoisotopic (exact) mass is 345 g/mol. The molecule has 3 amide bonds. The highest BCUT2D eigenvalue weighted by atomic mass is 19.1. The molecular weight excluding hydrogens is 321 g/mol. The molecule has 1 aromatic carbocycles. The van der Waals surface area contributed by atoms with E-state index in [0.29, 0.717) is 18.8 Å². The summed E-state index contributed by atoms with van der Waals surface area (Å²) in [7, 11) is 0. The summed E-state index contributed by atoms with van der Waals surface area (Å²) in [6, 6.07) is 5.34. The van der Waals surface area contributed by atoms with Crippen molar-refractivity contribution in [1.29, 1.82) is 0 Å². The number of urea groups is 1. The maximum Gasteiger partial charge on any atom is 0.315 e. The number of nitrogens with zero attached hydrogens (tertiary/aromatic N) is 1. The largest absolute Gasteiger partial charge is 0.338 e. The van der Waals surface area contributed by atoms with Crippen molar-refractivity contribution in [2.75, 3.05) is 18.0 Å². The third-order valence-corrected chi connectivity index (χ3v) is 4.72. The molecule has 134 valence electrons. The van der Waals surface area contributed by atoms with Crippen molar-refractivity contribution in [3.63, 3.8) is 0 Å². The Labute approximate surface area is 147 Å². The highest BCUT2D eigenvalue weighted by molar-refractivity contribution is 5.96. The second kappa shape index (κ2) is 8.14. The SMILES string of the molecule is O=C(NCCC1=CCCCC1)NC1CC(=O)N(c2ccc(F)cc2)C1. The van der Waals surface area contributed by atoms with Crippen LogP contribution in [0.1, 0.15) is 38.5 Å². The highest BCUT2D eigenvalue weighted by Gasteiger charge is 2.31. The minimum Gasteiger partial charge on any atom is -0.338 e. The van der Waals surface area contributed by atoms with E-state index in [1.807, 2.05) is 0 Å². The predicted octanol–water partition coefficient (Wildman–Crippen LogP) is 3.12. The third-order valence-electron chi connectivity index (χ3n) is 4.72. The maximum atomic E-state index is 13.0. The van der Waals surface area contributed by atoms with Gasteiger partial charge in [0.05, 0.1) is 6.04 Å². The number of benzene rings is 1. The fourth-order valence-electron chi connectivity index (χ4n) is 3.38. The zero-order valence-electron chi connectivity index (χ0n) is 14.3. The molecule has 2 aliphatic rings. The van der Waals surface area contributed by atoms with Crippen molar-refractivity contribution in [1.82, 2.24) is 10.6 Å². The summed E-state index contributed by atoms with van der Waals surface area (Å²) < 4.78 is 13.0. The molecule has 0 spiro atoms. The minimum absolute atomic E-state index is 0.0655. The van der Waals surface area contributed by atoms with Gasteiger partial charge in [0.1, 0.15) is 5.82 Å². The third kappa shape index (κ3) is 4.81. The number of amides is 3. The van der Waals surface area contributed by atoms with Crippen LogP contribution in [0.5, 0.6) is 0 Å². The lowest BCUT2D eigenvalue weighted by Crippen LogP contribution is -2.43. The molecule has 0 radical (unpaired) electrons. The van der Waals surface area contributed by atoms with Crippen LogP contribution in [0, 0.1) is 5.82 Å². The van der Waals surface area contributed by atoms with Gasteiger partial charge in [-0.2, -0.15) is 0 Å². The van der Waals surface area contributed by atoms with Gasteiger partial charge in [-0.3, -0.25) is 4.79 Å². The molecule has 0 aromatic heterocycles. The van der Waals surface area contributed by atoms with Crippen LogP contribution in [0.3, 0.4) is 0 Å². The van der Waals surface area contributed by atoms with E-state index in [2.05, 4.69) is 16.7 Å². The van der Waals surface area contributed by atoms with E-state index in [0.717, 1.165) is 19.3 Å². The number of rotatable bonds is 5. The van der Waals surface area contributed by atoms with Gasteiger partial charge in [0.15, 0.2) is 0 Å². The second-order valence-corrected chi connectivity index (χ2v) is 6.64. The Hall–Kier alpha value is -2.37. The number of carbonyl (C=O) groups is 2. The fraction of sp³-hybridized carbons (Fsp3) is 0.474. The molecule has 1 fully saturated rings. The average Bonchev–Trinajstić information content (AvgIpc) is 2.96. The topological polar surface area (TPSA) is 61.4 Å². The van der Waals surface area contributed by atoms with Crippen LogP contribution < -0.4 is 15.5 Å². The van der Waals surface area contributed by atoms with Crippen LogP contribution >= 0.6 is 0 Å². The summed E-state index contributed by atoms with van der Waals surface area (Å²) >= 11 is 0. The molecule has 1 heterocycles. The number of halogens is 1. The Kier molecular flexibility index (Phi) is 5.68. The van der Waals surface area contributed by atoms with E-state index in [1.54, 1.807) is 17.0 Å². The number of nitrogens with one attached hydrogen (secondary N) is 2. The molecule has 2 N–H and O–H groups in total. The lowest BCUT2D eigenvalue weighted by Gasteiger charge is -2.18. The van der Waals surface area contributed by atoms with Crippen LogP contribution in [-0.4, -0.2) is 31.1 Å². The molecule has 1 aromatic rings. The van der Waals surface area contributed by atoms with Crippen LogP contribution in [-0.2, 0) is 4.79 Å². The zero-order chi connectivity index (χ0) is 17.6. The molecule has 1 atom stereocenters. The molecule has 1 aliphatic carbocycles. The van der Waals surface area contributed by atoms with E-state index in [4.69, 9.17) is 0 Å². The first-order chi connectivity index (χ1) is 12.1. The number of hydrogen-bond acceptors (Lipinski definition) is 2. The normalized spacial score (nSPS) is 20.4. The molecule has 0 saturated carbocycles. The molecule has 3 rings (SSSR count). The average molecular weight is 345 g/mol. The smallest absolute Gasteiger partial charge is 0.315 e. The van der Waals surface area contributed by atoms with E-state index in [9.17, 15) is 14.0 Å². The molecule has 1 unspecified atom stereocenters. The van der Waals surface area contributed by atoms with Crippen molar-refractivity contribution in [2.24, 2.45) is 0 Å². The number of hydrogen-bond donors (Lipinski definition) is 2. The van der Waals surface area contributed by atoms with E-state index in [-0.39, 0.29) is 30.2 Å². The van der Waals surface area contributed by atoms with Gasteiger partial charge >= 0.3 is 6.03 Å². The molecule has 1 saturated heterocycles. The van der Waals surface area contributed by atoms with Crippen molar-refractivity contribution in [3.05, 3.63) is 41.7 Å². The van der Waals surface area contributed by atoms with Gasteiger partial charge in [-0.25, -0.2) is 9.18 Å². The molecule has 6 heteroatoms. The summed E-state index contributed by atoms with van der Waals surface area (Å²) in [6.45, 7) is 1.02. The molecule has 5 nitrogen and oxygen atoms in total. The maximum absolute atomic E-state index is 13.0. The molecule has 25 heavy (non-hydrogen) atoms. The molecular formula is C19H24FN3O2. The lowest BCUT2D eigenvalue weighted by atomic mass is 9.97. The first kappa shape index (κ1) is 17.5. The van der Waals surface area contributed by atoms with Crippen molar-refractivity contribution in [3.8, 4) is 0 Å². The first-order valence-corrected chi connectivity index (χ1v) is 8.90. The summed E-state index contributed by atoms with van der Waals surface area (Å²) in [5.41, 5.74) is 2.07. The van der Waals surface area contributed by atoms with Crippen LogP contribution in [0.2, 0.25) is 0 Å². The molecule has 1 aliphatic heterocycles. The Bertz CT molecular complexity index is 657. The van der Waals surface area contributed by atoms with Crippen molar-refractivity contribution < 1.29 is 14.0 Å². The standard InChI is InChI=1S/C19H24FN3O2/c20-15-6-8-17(9-7-15)23-13-16(12-18(23)24)22-19(25)21-11-10-14-4-2-1-3-5-14/h4,6-9,16H,1-3,5,10-13H2,(H2,21,22,25). The van der Waals surface area contributed by atoms with E-state index < -0.39 is 0 Å². The van der Waals surface area contributed by atoms with E-state index in [1.165, 1.54) is 30.5 Å². The highest BCUT2D eigenvalue weighted by Crippen LogP contribution is 2.22. The fourth-order valence-corrected chi connectivity index (χ4v) is 3.38. The summed E-state index contributed by atoms with van der Waals surface area (Å²) in [4.78, 5) is 25.7. The minimum atomic E-state index is -0.336. The second-order valence-electron chi connectivity index (χ2n) is 6.64. The summed E-state index contributed by atoms with van der Waals surface area (Å²) in [5.74, 6) is -0.401. The lowest BCUT2D eigenvalue weighted by molar-refractivity contribution is -0.117. The summed E-state index contributed by atoms with van der Waals surface area (Å²) in [6.07, 6.45) is 8.20. The van der Waals surface area contributed by atoms with Gasteiger partial charge in [0.25, 0.3) is 0 Å². The van der Waals surface area contributed by atoms with Gasteiger partial charge in [0.2, 0.25) is 5.91 Å². The number of carbonyl (C=O) groups excluding carboxylic acids is 2. The van der Waals surface area contributed by atoms with Crippen LogP contribution in [0.15, 0.2) is 35.9 Å². The van der Waals surface area contributed by atoms with E-state index >= 15 is 0 Å². The van der Waals surface area contributed by atoms with Crippen molar-refractivity contribution in [2.45, 2.75) is 44.6 Å². The number of allylic oxidation sites excluding steroid dienone is 1. The Morgan fingerprint density at radius 2 is 2.04 bits per heavy atom. The Balaban J connectivity index is 1.43. The van der Waals surface area contributed by atoms with Crippen LogP contribution in [0.4, 0.5) is 14.9 Å². The van der Waals surface area contributed by atoms with Gasteiger partial charge in [-0.1, -0.05) is 11.6 Å². The van der Waals surface area contributed by atoms with Gasteiger partial charge < -0.3 is 15.5 Å². The Morgan fingerprint density at radius 3 is 2.76 bits per heavy atom. The Morgan fingerprint density at radius 1 is 1.24 bits per heavy atom.